The van der Waals surface area contributed by atoms with Crippen molar-refractivity contribution in [3.05, 3.63) is 33.4 Å². The summed E-state index contributed by atoms with van der Waals surface area (Å²) < 4.78 is 147. The minimum Gasteiger partial charge on any atom is -0.756 e. The number of ether oxygens (including phenoxy) is 2. The number of phosphoric ester groups is 4. The molecule has 44 nitrogen and oxygen atoms in total. The number of imidazole rings is 2. The summed E-state index contributed by atoms with van der Waals surface area (Å²) in [6.45, 7) is -1.91. The van der Waals surface area contributed by atoms with Crippen LogP contribution in [-0.4, -0.2) is 120 Å². The highest BCUT2D eigenvalue weighted by Crippen LogP contribution is 2.68. The molecule has 4 aromatic heterocycles. The van der Waals surface area contributed by atoms with Crippen LogP contribution in [0.15, 0.2) is 22.2 Å². The zero-order valence-electron chi connectivity index (χ0n) is 43.6. The standard InChI is InChI=1S/C17H32N6O16P4.C16H30N6O16P4.CH4/c1-19-6-4-2-3-5-7-34-40(26,27)37-42(30,31)39-43(32,33)38-41(28,29)35-9-12-11(24)8-13(36-12)23-10-20-14-15(23)21-17(18)22-16(14)25;17-5-3-1-2-4-6-33-39(25,26)36-41(29,30)38-42(31,32)37-40(27,28)34-8-11-10(23)7-12(35-11)22-9-19-13-14(22)20-16(18)21-15(13)24;/h10-13,19,24H,2-9H2,1H3,(H,26,27)(H,28,29)(H,30,31)(H,32,33)(H3,18,21,22,25);9-12,23H,1-8,17H2,(H,25,26)(H,27,28)(H,29,30)(H,31,32)(H3,18,20,21,24);1H4/p-8/t11?,12-,13-;10?,11-,12-;/m11./s1. The number of H-pyrrole nitrogens is 2. The lowest BCUT2D eigenvalue weighted by Crippen LogP contribution is -2.27. The Kier molecular flexibility index (Phi) is 28.1. The van der Waals surface area contributed by atoms with E-state index in [1.54, 1.807) is 7.05 Å². The normalized spacial score (nSPS) is 24.6. The molecule has 14 atom stereocenters. The van der Waals surface area contributed by atoms with Crippen molar-refractivity contribution < 1.29 is 139 Å². The van der Waals surface area contributed by atoms with E-state index in [1.807, 2.05) is 0 Å². The summed E-state index contributed by atoms with van der Waals surface area (Å²) >= 11 is 0. The van der Waals surface area contributed by atoms with Gasteiger partial charge in [0.15, 0.2) is 22.3 Å². The number of nitrogens with zero attached hydrogens (tertiary/aromatic N) is 6. The number of fused-ring (bicyclic) bond motifs is 2. The molecular formula is C34H58N12O32P8-8. The number of nitrogens with one attached hydrogen (secondary N) is 3. The van der Waals surface area contributed by atoms with E-state index in [9.17, 15) is 95.5 Å². The van der Waals surface area contributed by atoms with Crippen molar-refractivity contribution in [3.63, 3.8) is 0 Å². The fourth-order valence-corrected chi connectivity index (χ4v) is 16.9. The molecule has 11 N–H and O–H groups in total. The molecule has 6 heterocycles. The fourth-order valence-electron chi connectivity index (χ4n) is 7.31. The Labute approximate surface area is 484 Å². The summed E-state index contributed by atoms with van der Waals surface area (Å²) in [7, 11) is -46.7. The van der Waals surface area contributed by atoms with E-state index in [0.717, 1.165) is 32.0 Å². The maximum Gasteiger partial charge on any atom is 0.280 e. The van der Waals surface area contributed by atoms with E-state index in [1.165, 1.54) is 9.13 Å². The van der Waals surface area contributed by atoms with E-state index >= 15 is 0 Å². The Hall–Kier alpha value is -2.82. The predicted octanol–water partition coefficient (Wildman–Crippen LogP) is -3.45. The molecule has 0 aliphatic carbocycles. The average Bonchev–Trinajstić information content (AvgIpc) is 1.84. The number of anilines is 2. The number of nitrogens with two attached hydrogens (primary N) is 3. The Balaban J connectivity index is 0.000000364. The zero-order chi connectivity index (χ0) is 63.4. The molecule has 4 aromatic rings. The Morgan fingerprint density at radius 3 is 1.23 bits per heavy atom. The van der Waals surface area contributed by atoms with Gasteiger partial charge in [0.05, 0.1) is 51.3 Å². The lowest BCUT2D eigenvalue weighted by Gasteiger charge is -2.36. The van der Waals surface area contributed by atoms with Gasteiger partial charge in [-0.05, 0) is 45.8 Å². The van der Waals surface area contributed by atoms with Crippen molar-refractivity contribution in [1.29, 1.82) is 0 Å². The first kappa shape index (κ1) is 75.6. The second kappa shape index (κ2) is 32.0. The third kappa shape index (κ3) is 24.4. The second-order valence-corrected chi connectivity index (χ2v) is 29.6. The van der Waals surface area contributed by atoms with Gasteiger partial charge in [-0.2, -0.15) is 9.97 Å². The summed E-state index contributed by atoms with van der Waals surface area (Å²) in [5.41, 5.74) is 14.8. The van der Waals surface area contributed by atoms with Crippen molar-refractivity contribution in [1.82, 2.24) is 44.4 Å². The van der Waals surface area contributed by atoms with Crippen LogP contribution in [0.3, 0.4) is 0 Å². The molecule has 0 aromatic carbocycles. The van der Waals surface area contributed by atoms with E-state index in [-0.39, 0.29) is 67.3 Å². The van der Waals surface area contributed by atoms with Crippen molar-refractivity contribution in [2.45, 2.75) is 109 Å². The Bertz CT molecular complexity index is 3430. The van der Waals surface area contributed by atoms with Gasteiger partial charge in [0.25, 0.3) is 73.7 Å². The summed E-state index contributed by atoms with van der Waals surface area (Å²) in [5.74, 6) is -0.481. The largest absolute Gasteiger partial charge is 0.756 e. The molecule has 2 aliphatic heterocycles. The molecule has 0 bridgehead atoms. The molecule has 494 valence electrons. The number of aromatic nitrogens is 8. The third-order valence-corrected chi connectivity index (χ3v) is 22.4. The minimum atomic E-state index is -6.38. The van der Waals surface area contributed by atoms with Crippen LogP contribution in [-0.2, 0) is 90.0 Å². The van der Waals surface area contributed by atoms with Gasteiger partial charge in [0.1, 0.15) is 24.7 Å². The van der Waals surface area contributed by atoms with Crippen molar-refractivity contribution in [2.75, 3.05) is 58.0 Å². The number of aliphatic hydroxyl groups excluding tert-OH is 2. The van der Waals surface area contributed by atoms with Gasteiger partial charge < -0.3 is 99.4 Å². The number of aromatic amines is 2. The van der Waals surface area contributed by atoms with Crippen LogP contribution in [0.2, 0.25) is 0 Å². The molecular weight excluding hydrogens is 1340 g/mol. The molecule has 0 radical (unpaired) electrons. The lowest BCUT2D eigenvalue weighted by atomic mass is 10.2. The molecule has 10 unspecified atom stereocenters. The van der Waals surface area contributed by atoms with Gasteiger partial charge in [-0.1, -0.05) is 33.1 Å². The van der Waals surface area contributed by atoms with Crippen LogP contribution >= 0.6 is 62.6 Å². The first-order chi connectivity index (χ1) is 39.3. The van der Waals surface area contributed by atoms with Gasteiger partial charge in [0.2, 0.25) is 11.9 Å². The van der Waals surface area contributed by atoms with Crippen LogP contribution in [0.4, 0.5) is 11.9 Å². The summed E-state index contributed by atoms with van der Waals surface area (Å²) in [4.78, 5) is 139. The molecule has 2 saturated heterocycles. The minimum absolute atomic E-state index is 0. The van der Waals surface area contributed by atoms with Gasteiger partial charge in [-0.15, -0.1) is 0 Å². The number of aliphatic hydroxyl groups is 2. The van der Waals surface area contributed by atoms with Crippen LogP contribution in [0, 0.1) is 0 Å². The van der Waals surface area contributed by atoms with Crippen molar-refractivity contribution in [2.24, 2.45) is 5.73 Å². The van der Waals surface area contributed by atoms with Crippen molar-refractivity contribution >= 4 is 96.8 Å². The first-order valence-electron chi connectivity index (χ1n) is 24.2. The fraction of sp³-hybridized carbons (Fsp3) is 0.706. The number of hydrogen-bond donors (Lipinski definition) is 8. The summed E-state index contributed by atoms with van der Waals surface area (Å²) in [6.07, 6.45) is -1.58. The lowest BCUT2D eigenvalue weighted by molar-refractivity contribution is -0.260. The Morgan fingerprint density at radius 2 is 0.884 bits per heavy atom. The molecule has 0 amide bonds. The molecule has 0 spiro atoms. The van der Waals surface area contributed by atoms with Gasteiger partial charge in [-0.3, -0.25) is 65.2 Å². The monoisotopic (exact) mass is 1390 g/mol. The average molecular weight is 1390 g/mol. The Morgan fingerprint density at radius 1 is 0.558 bits per heavy atom. The zero-order valence-corrected chi connectivity index (χ0v) is 50.7. The number of unbranched alkanes of at least 4 members (excludes halogenated alkanes) is 6. The number of rotatable bonds is 35. The highest BCUT2D eigenvalue weighted by Gasteiger charge is 2.40. The van der Waals surface area contributed by atoms with Gasteiger partial charge >= 0.3 is 0 Å². The molecule has 6 rings (SSSR count). The molecule has 2 aliphatic rings. The summed E-state index contributed by atoms with van der Waals surface area (Å²) in [5, 5.41) is 23.4. The topological polar surface area (TPSA) is 689 Å². The highest BCUT2D eigenvalue weighted by molar-refractivity contribution is 7.69. The number of phosphoric acid groups is 8. The van der Waals surface area contributed by atoms with E-state index in [0.29, 0.717) is 32.2 Å². The van der Waals surface area contributed by atoms with Crippen LogP contribution < -0.4 is 72.8 Å². The second-order valence-electron chi connectivity index (χ2n) is 17.5. The van der Waals surface area contributed by atoms with Crippen LogP contribution in [0.1, 0.15) is 84.1 Å². The van der Waals surface area contributed by atoms with E-state index in [2.05, 4.69) is 79.2 Å². The van der Waals surface area contributed by atoms with Crippen molar-refractivity contribution in [3.8, 4) is 0 Å². The first-order valence-corrected chi connectivity index (χ1v) is 35.8. The van der Waals surface area contributed by atoms with Crippen LogP contribution in [0.25, 0.3) is 22.3 Å². The highest BCUT2D eigenvalue weighted by atomic mass is 31.3. The third-order valence-electron chi connectivity index (χ3n) is 10.8. The molecule has 2 fully saturated rings. The maximum atomic E-state index is 12.0. The smallest absolute Gasteiger partial charge is 0.280 e. The SMILES string of the molecule is C.CNCCCCCCOP(=O)([O-])OP(=O)([O-])OP(=O)([O-])OP(=O)([O-])OC[C@H]1O[C@@H](n2cnc3c(=O)[nH]c(N)nc32)CC1O.NCCCCCCOP(=O)([O-])OP(=O)([O-])OP(=O)([O-])OP(=O)([O-])OC[C@H]1O[C@@H](n2cnc3c(=O)[nH]c(N)nc32)CC1O. The molecule has 86 heavy (non-hydrogen) atoms. The van der Waals surface area contributed by atoms with Crippen LogP contribution in [0.5, 0.6) is 0 Å². The quantitative estimate of drug-likeness (QED) is 0.0164. The molecule has 52 heteroatoms. The number of nitrogen functional groups attached to an aromatic ring is 2. The predicted molar refractivity (Wildman–Crippen MR) is 272 cm³/mol. The number of hydrogen-bond acceptors (Lipinski definition) is 40. The molecule has 0 saturated carbocycles. The summed E-state index contributed by atoms with van der Waals surface area (Å²) in [6, 6.07) is 0. The van der Waals surface area contributed by atoms with E-state index < -0.39 is 137 Å². The van der Waals surface area contributed by atoms with Gasteiger partial charge in [0, 0.05) is 12.8 Å². The van der Waals surface area contributed by atoms with Gasteiger partial charge in [-0.25, -0.2) is 35.8 Å². The maximum absolute atomic E-state index is 12.0. The van der Waals surface area contributed by atoms with E-state index in [4.69, 9.17) is 26.7 Å².